The highest BCUT2D eigenvalue weighted by molar-refractivity contribution is 5.97. The van der Waals surface area contributed by atoms with Crippen molar-refractivity contribution in [3.8, 4) is 0 Å². The fourth-order valence-electron chi connectivity index (χ4n) is 2.10. The van der Waals surface area contributed by atoms with E-state index < -0.39 is 0 Å². The molecule has 96 valence electrons. The van der Waals surface area contributed by atoms with E-state index in [1.165, 1.54) is 6.92 Å². The number of amides is 2. The summed E-state index contributed by atoms with van der Waals surface area (Å²) >= 11 is 0. The molecule has 1 aromatic rings. The molecule has 1 aromatic heterocycles. The lowest BCUT2D eigenvalue weighted by molar-refractivity contribution is -0.119. The fraction of sp³-hybridized carbons (Fsp3) is 0.417. The Morgan fingerprint density at radius 1 is 1.56 bits per heavy atom. The van der Waals surface area contributed by atoms with Crippen LogP contribution in [-0.2, 0) is 4.79 Å². The Hall–Kier alpha value is -2.11. The van der Waals surface area contributed by atoms with E-state index in [0.717, 1.165) is 6.42 Å². The minimum absolute atomic E-state index is 0.0244. The number of carbonyl (C=O) groups is 2. The van der Waals surface area contributed by atoms with Gasteiger partial charge in [-0.3, -0.25) is 9.59 Å². The topological polar surface area (TPSA) is 88.3 Å². The molecule has 2 heterocycles. The van der Waals surface area contributed by atoms with E-state index in [0.29, 0.717) is 18.8 Å². The standard InChI is InChI=1S/C12H16N4O2/c1-8(17)15-9-4-6-16(7-9)12(18)11-10(13)3-2-5-14-11/h2-3,5,9H,4,6-7,13H2,1H3,(H,15,17). The first-order chi connectivity index (χ1) is 8.58. The highest BCUT2D eigenvalue weighted by atomic mass is 16.2. The van der Waals surface area contributed by atoms with Crippen molar-refractivity contribution in [2.45, 2.75) is 19.4 Å². The molecule has 6 nitrogen and oxygen atoms in total. The van der Waals surface area contributed by atoms with Crippen molar-refractivity contribution in [1.82, 2.24) is 15.2 Å². The second-order valence-corrected chi connectivity index (χ2v) is 4.38. The van der Waals surface area contributed by atoms with E-state index in [-0.39, 0.29) is 23.6 Å². The number of carbonyl (C=O) groups excluding carboxylic acids is 2. The molecule has 6 heteroatoms. The Kier molecular flexibility index (Phi) is 3.45. The van der Waals surface area contributed by atoms with Gasteiger partial charge in [0.25, 0.3) is 5.91 Å². The van der Waals surface area contributed by atoms with Crippen molar-refractivity contribution in [2.75, 3.05) is 18.8 Å². The van der Waals surface area contributed by atoms with E-state index in [2.05, 4.69) is 10.3 Å². The molecule has 1 unspecified atom stereocenters. The minimum Gasteiger partial charge on any atom is -0.397 e. The Morgan fingerprint density at radius 3 is 3.00 bits per heavy atom. The van der Waals surface area contributed by atoms with Gasteiger partial charge >= 0.3 is 0 Å². The molecule has 0 saturated carbocycles. The molecular formula is C12H16N4O2. The number of hydrogen-bond acceptors (Lipinski definition) is 4. The number of nitrogen functional groups attached to an aromatic ring is 1. The summed E-state index contributed by atoms with van der Waals surface area (Å²) in [6, 6.07) is 3.37. The average molecular weight is 248 g/mol. The van der Waals surface area contributed by atoms with Gasteiger partial charge in [0.1, 0.15) is 0 Å². The van der Waals surface area contributed by atoms with Gasteiger partial charge in [0, 0.05) is 32.3 Å². The smallest absolute Gasteiger partial charge is 0.274 e. The minimum atomic E-state index is -0.180. The molecule has 1 aliphatic heterocycles. The molecule has 1 aliphatic rings. The molecule has 0 aliphatic carbocycles. The zero-order valence-electron chi connectivity index (χ0n) is 10.2. The van der Waals surface area contributed by atoms with Crippen LogP contribution >= 0.6 is 0 Å². The molecule has 18 heavy (non-hydrogen) atoms. The first-order valence-corrected chi connectivity index (χ1v) is 5.85. The van der Waals surface area contributed by atoms with Crippen molar-refractivity contribution in [3.63, 3.8) is 0 Å². The number of likely N-dealkylation sites (tertiary alicyclic amines) is 1. The molecule has 0 aromatic carbocycles. The van der Waals surface area contributed by atoms with E-state index in [1.807, 2.05) is 0 Å². The van der Waals surface area contributed by atoms with Crippen molar-refractivity contribution in [2.24, 2.45) is 0 Å². The maximum absolute atomic E-state index is 12.2. The molecule has 0 bridgehead atoms. The third-order valence-electron chi connectivity index (χ3n) is 2.92. The number of nitrogens with two attached hydrogens (primary N) is 1. The summed E-state index contributed by atoms with van der Waals surface area (Å²) in [5, 5.41) is 2.81. The Balaban J connectivity index is 2.04. The van der Waals surface area contributed by atoms with Crippen LogP contribution in [0.5, 0.6) is 0 Å². The summed E-state index contributed by atoms with van der Waals surface area (Å²) in [4.78, 5) is 28.8. The number of hydrogen-bond donors (Lipinski definition) is 2. The van der Waals surface area contributed by atoms with Crippen LogP contribution in [0.3, 0.4) is 0 Å². The molecule has 2 amide bonds. The van der Waals surface area contributed by atoms with Crippen molar-refractivity contribution < 1.29 is 9.59 Å². The van der Waals surface area contributed by atoms with Crippen molar-refractivity contribution in [1.29, 1.82) is 0 Å². The predicted molar refractivity (Wildman–Crippen MR) is 66.8 cm³/mol. The third kappa shape index (κ3) is 2.58. The van der Waals surface area contributed by atoms with Crippen LogP contribution in [0.25, 0.3) is 0 Å². The largest absolute Gasteiger partial charge is 0.397 e. The van der Waals surface area contributed by atoms with Crippen LogP contribution < -0.4 is 11.1 Å². The van der Waals surface area contributed by atoms with Crippen LogP contribution in [-0.4, -0.2) is 40.8 Å². The lowest BCUT2D eigenvalue weighted by Gasteiger charge is -2.17. The maximum Gasteiger partial charge on any atom is 0.274 e. The quantitative estimate of drug-likeness (QED) is 0.772. The van der Waals surface area contributed by atoms with E-state index >= 15 is 0 Å². The van der Waals surface area contributed by atoms with Crippen LogP contribution in [0.2, 0.25) is 0 Å². The zero-order valence-corrected chi connectivity index (χ0v) is 10.2. The number of anilines is 1. The van der Waals surface area contributed by atoms with Gasteiger partial charge in [-0.2, -0.15) is 0 Å². The number of rotatable bonds is 2. The van der Waals surface area contributed by atoms with Gasteiger partial charge in [-0.15, -0.1) is 0 Å². The predicted octanol–water partition coefficient (Wildman–Crippen LogP) is 0.0144. The van der Waals surface area contributed by atoms with Crippen LogP contribution in [0.4, 0.5) is 5.69 Å². The second kappa shape index (κ2) is 5.03. The molecular weight excluding hydrogens is 232 g/mol. The summed E-state index contributed by atoms with van der Waals surface area (Å²) in [6.45, 7) is 2.59. The summed E-state index contributed by atoms with van der Waals surface area (Å²) in [7, 11) is 0. The first-order valence-electron chi connectivity index (χ1n) is 5.85. The van der Waals surface area contributed by atoms with Crippen LogP contribution in [0.1, 0.15) is 23.8 Å². The summed E-state index contributed by atoms with van der Waals surface area (Å²) in [5.41, 5.74) is 6.38. The molecule has 0 spiro atoms. The van der Waals surface area contributed by atoms with Gasteiger partial charge in [-0.1, -0.05) is 0 Å². The zero-order chi connectivity index (χ0) is 13.1. The van der Waals surface area contributed by atoms with E-state index in [9.17, 15) is 9.59 Å². The molecule has 1 saturated heterocycles. The van der Waals surface area contributed by atoms with E-state index in [1.54, 1.807) is 23.2 Å². The monoisotopic (exact) mass is 248 g/mol. The third-order valence-corrected chi connectivity index (χ3v) is 2.92. The average Bonchev–Trinajstić information content (AvgIpc) is 2.76. The highest BCUT2D eigenvalue weighted by Crippen LogP contribution is 2.15. The molecule has 3 N–H and O–H groups in total. The number of nitrogens with one attached hydrogen (secondary N) is 1. The molecule has 0 radical (unpaired) electrons. The lowest BCUT2D eigenvalue weighted by atomic mass is 10.2. The van der Waals surface area contributed by atoms with Gasteiger partial charge in [0.05, 0.1) is 5.69 Å². The lowest BCUT2D eigenvalue weighted by Crippen LogP contribution is -2.37. The summed E-state index contributed by atoms with van der Waals surface area (Å²) in [6.07, 6.45) is 2.31. The maximum atomic E-state index is 12.2. The van der Waals surface area contributed by atoms with E-state index in [4.69, 9.17) is 5.73 Å². The second-order valence-electron chi connectivity index (χ2n) is 4.38. The molecule has 1 atom stereocenters. The first kappa shape index (κ1) is 12.3. The summed E-state index contributed by atoms with van der Waals surface area (Å²) in [5.74, 6) is -0.257. The van der Waals surface area contributed by atoms with Gasteiger partial charge < -0.3 is 16.0 Å². The van der Waals surface area contributed by atoms with Crippen molar-refractivity contribution in [3.05, 3.63) is 24.0 Å². The van der Waals surface area contributed by atoms with Crippen molar-refractivity contribution >= 4 is 17.5 Å². The van der Waals surface area contributed by atoms with Gasteiger partial charge in [0.15, 0.2) is 5.69 Å². The van der Waals surface area contributed by atoms with Crippen LogP contribution in [0.15, 0.2) is 18.3 Å². The van der Waals surface area contributed by atoms with Gasteiger partial charge in [0.2, 0.25) is 5.91 Å². The normalized spacial score (nSPS) is 18.7. The number of aromatic nitrogens is 1. The van der Waals surface area contributed by atoms with Gasteiger partial charge in [-0.05, 0) is 18.6 Å². The number of nitrogens with zero attached hydrogens (tertiary/aromatic N) is 2. The fourth-order valence-corrected chi connectivity index (χ4v) is 2.10. The Labute approximate surface area is 105 Å². The SMILES string of the molecule is CC(=O)NC1CCN(C(=O)c2ncccc2N)C1. The number of pyridine rings is 1. The molecule has 1 fully saturated rings. The van der Waals surface area contributed by atoms with Gasteiger partial charge in [-0.25, -0.2) is 4.98 Å². The highest BCUT2D eigenvalue weighted by Gasteiger charge is 2.28. The Morgan fingerprint density at radius 2 is 2.33 bits per heavy atom. The Bertz CT molecular complexity index is 475. The summed E-state index contributed by atoms with van der Waals surface area (Å²) < 4.78 is 0. The van der Waals surface area contributed by atoms with Crippen LogP contribution in [0, 0.1) is 0 Å². The molecule has 2 rings (SSSR count).